The van der Waals surface area contributed by atoms with Crippen molar-refractivity contribution in [2.45, 2.75) is 53.1 Å². The largest absolute Gasteiger partial charge is 0.496 e. The predicted molar refractivity (Wildman–Crippen MR) is 93.6 cm³/mol. The number of aromatic nitrogens is 2. The first kappa shape index (κ1) is 16.6. The lowest BCUT2D eigenvalue weighted by Gasteiger charge is -2.13. The van der Waals surface area contributed by atoms with Gasteiger partial charge in [0.2, 0.25) is 0 Å². The van der Waals surface area contributed by atoms with E-state index in [-0.39, 0.29) is 5.91 Å². The molecule has 0 spiro atoms. The van der Waals surface area contributed by atoms with E-state index in [0.29, 0.717) is 12.6 Å². The van der Waals surface area contributed by atoms with Crippen LogP contribution in [0.2, 0.25) is 0 Å². The van der Waals surface area contributed by atoms with Crippen LogP contribution in [0.1, 0.15) is 57.5 Å². The van der Waals surface area contributed by atoms with Crippen LogP contribution in [-0.4, -0.2) is 22.6 Å². The zero-order chi connectivity index (χ0) is 17.4. The van der Waals surface area contributed by atoms with E-state index in [1.54, 1.807) is 13.3 Å². The van der Waals surface area contributed by atoms with Gasteiger partial charge < -0.3 is 14.6 Å². The maximum Gasteiger partial charge on any atom is 0.253 e. The summed E-state index contributed by atoms with van der Waals surface area (Å²) >= 11 is 0. The normalized spacial score (nSPS) is 13.9. The Kier molecular flexibility index (Phi) is 4.35. The molecule has 0 aliphatic heterocycles. The van der Waals surface area contributed by atoms with E-state index in [9.17, 15) is 4.79 Å². The molecule has 2 aromatic heterocycles. The number of hydrogen-bond donors (Lipinski definition) is 1. The van der Waals surface area contributed by atoms with E-state index in [2.05, 4.69) is 21.8 Å². The van der Waals surface area contributed by atoms with Crippen molar-refractivity contribution >= 4 is 5.91 Å². The number of carbonyl (C=O) groups excluding carboxylic acids is 1. The Morgan fingerprint density at radius 1 is 1.33 bits per heavy atom. The Balaban J connectivity index is 1.76. The molecule has 5 heteroatoms. The summed E-state index contributed by atoms with van der Waals surface area (Å²) in [7, 11) is 1.66. The molecular formula is C19H25N3O2. The number of rotatable bonds is 5. The average molecular weight is 327 g/mol. The van der Waals surface area contributed by atoms with Crippen LogP contribution in [-0.2, 0) is 6.54 Å². The number of carbonyl (C=O) groups is 1. The molecule has 5 nitrogen and oxygen atoms in total. The van der Waals surface area contributed by atoms with Gasteiger partial charge >= 0.3 is 0 Å². The zero-order valence-electron chi connectivity index (χ0n) is 15.1. The number of ether oxygens (including phenoxy) is 1. The van der Waals surface area contributed by atoms with E-state index in [4.69, 9.17) is 4.74 Å². The van der Waals surface area contributed by atoms with Crippen molar-refractivity contribution in [3.8, 4) is 5.75 Å². The number of hydrogen-bond acceptors (Lipinski definition) is 3. The van der Waals surface area contributed by atoms with Crippen molar-refractivity contribution in [3.63, 3.8) is 0 Å². The highest BCUT2D eigenvalue weighted by molar-refractivity contribution is 5.95. The third-order valence-electron chi connectivity index (χ3n) is 4.81. The minimum atomic E-state index is -0.0456. The molecule has 128 valence electrons. The number of nitrogens with one attached hydrogen (secondary N) is 1. The highest BCUT2D eigenvalue weighted by Crippen LogP contribution is 2.38. The van der Waals surface area contributed by atoms with E-state index in [0.717, 1.165) is 39.5 Å². The summed E-state index contributed by atoms with van der Waals surface area (Å²) in [4.78, 5) is 17.0. The lowest BCUT2D eigenvalue weighted by Crippen LogP contribution is -2.24. The van der Waals surface area contributed by atoms with Crippen molar-refractivity contribution < 1.29 is 9.53 Å². The first-order valence-corrected chi connectivity index (χ1v) is 8.39. The fourth-order valence-corrected chi connectivity index (χ4v) is 3.41. The van der Waals surface area contributed by atoms with Gasteiger partial charge in [-0.1, -0.05) is 0 Å². The lowest BCUT2D eigenvalue weighted by molar-refractivity contribution is 0.0949. The number of aryl methyl sites for hydroxylation is 2. The van der Waals surface area contributed by atoms with Gasteiger partial charge in [0.25, 0.3) is 5.91 Å². The summed E-state index contributed by atoms with van der Waals surface area (Å²) in [6, 6.07) is 2.57. The highest BCUT2D eigenvalue weighted by Gasteiger charge is 2.28. The fourth-order valence-electron chi connectivity index (χ4n) is 3.41. The summed E-state index contributed by atoms with van der Waals surface area (Å²) in [5, 5.41) is 3.00. The van der Waals surface area contributed by atoms with Crippen molar-refractivity contribution in [1.29, 1.82) is 0 Å². The SMILES string of the molecule is COc1c(C)cnc(CNC(=O)c2cc(C)n(C3CC3)c2C)c1C. The molecule has 0 aromatic carbocycles. The predicted octanol–water partition coefficient (Wildman–Crippen LogP) is 3.39. The molecular weight excluding hydrogens is 302 g/mol. The van der Waals surface area contributed by atoms with Gasteiger partial charge in [-0.2, -0.15) is 0 Å². The second-order valence-electron chi connectivity index (χ2n) is 6.61. The van der Waals surface area contributed by atoms with Crippen molar-refractivity contribution in [3.05, 3.63) is 46.0 Å². The molecule has 1 saturated carbocycles. The van der Waals surface area contributed by atoms with E-state index in [1.807, 2.05) is 26.8 Å². The van der Waals surface area contributed by atoms with Crippen LogP contribution in [0.5, 0.6) is 5.75 Å². The minimum Gasteiger partial charge on any atom is -0.496 e. The molecule has 0 saturated heterocycles. The van der Waals surface area contributed by atoms with Gasteiger partial charge in [0, 0.05) is 34.8 Å². The van der Waals surface area contributed by atoms with Crippen LogP contribution >= 0.6 is 0 Å². The van der Waals surface area contributed by atoms with Crippen molar-refractivity contribution in [2.24, 2.45) is 0 Å². The van der Waals surface area contributed by atoms with Gasteiger partial charge in [0.1, 0.15) is 5.75 Å². The summed E-state index contributed by atoms with van der Waals surface area (Å²) in [6.45, 7) is 8.43. The van der Waals surface area contributed by atoms with Gasteiger partial charge in [0.05, 0.1) is 24.9 Å². The third-order valence-corrected chi connectivity index (χ3v) is 4.81. The van der Waals surface area contributed by atoms with E-state index < -0.39 is 0 Å². The second kappa shape index (κ2) is 6.30. The minimum absolute atomic E-state index is 0.0456. The Bertz CT molecular complexity index is 788. The first-order chi connectivity index (χ1) is 11.4. The van der Waals surface area contributed by atoms with Gasteiger partial charge in [0.15, 0.2) is 0 Å². The smallest absolute Gasteiger partial charge is 0.253 e. The van der Waals surface area contributed by atoms with Crippen LogP contribution in [0, 0.1) is 27.7 Å². The van der Waals surface area contributed by atoms with Crippen molar-refractivity contribution in [2.75, 3.05) is 7.11 Å². The summed E-state index contributed by atoms with van der Waals surface area (Å²) in [5.74, 6) is 0.789. The molecule has 3 rings (SSSR count). The Hall–Kier alpha value is -2.30. The second-order valence-corrected chi connectivity index (χ2v) is 6.61. The number of pyridine rings is 1. The Morgan fingerprint density at radius 2 is 2.04 bits per heavy atom. The number of amides is 1. The molecule has 1 fully saturated rings. The van der Waals surface area contributed by atoms with Gasteiger partial charge in [-0.25, -0.2) is 0 Å². The fraction of sp³-hybridized carbons (Fsp3) is 0.474. The molecule has 2 heterocycles. The molecule has 24 heavy (non-hydrogen) atoms. The van der Waals surface area contributed by atoms with Crippen LogP contribution in [0.4, 0.5) is 0 Å². The standard InChI is InChI=1S/C19H25N3O2/c1-11-9-20-17(13(3)18(11)24-5)10-21-19(23)16-8-12(2)22(14(16)4)15-6-7-15/h8-9,15H,6-7,10H2,1-5H3,(H,21,23). The Labute approximate surface area is 143 Å². The van der Waals surface area contributed by atoms with Crippen LogP contribution in [0.3, 0.4) is 0 Å². The molecule has 0 bridgehead atoms. The molecule has 1 aliphatic rings. The summed E-state index contributed by atoms with van der Waals surface area (Å²) in [5.41, 5.74) is 5.78. The maximum atomic E-state index is 12.6. The lowest BCUT2D eigenvalue weighted by atomic mass is 10.1. The molecule has 0 radical (unpaired) electrons. The molecule has 0 unspecified atom stereocenters. The highest BCUT2D eigenvalue weighted by atomic mass is 16.5. The molecule has 1 amide bonds. The zero-order valence-corrected chi connectivity index (χ0v) is 15.1. The van der Waals surface area contributed by atoms with E-state index >= 15 is 0 Å². The quantitative estimate of drug-likeness (QED) is 0.916. The Morgan fingerprint density at radius 3 is 2.67 bits per heavy atom. The molecule has 2 aromatic rings. The van der Waals surface area contributed by atoms with Crippen LogP contribution < -0.4 is 10.1 Å². The number of nitrogens with zero attached hydrogens (tertiary/aromatic N) is 2. The van der Waals surface area contributed by atoms with Crippen LogP contribution in [0.25, 0.3) is 0 Å². The van der Waals surface area contributed by atoms with Gasteiger partial charge in [-0.05, 0) is 46.6 Å². The average Bonchev–Trinajstić information content (AvgIpc) is 3.32. The van der Waals surface area contributed by atoms with E-state index in [1.165, 1.54) is 12.8 Å². The van der Waals surface area contributed by atoms with Crippen LogP contribution in [0.15, 0.2) is 12.3 Å². The summed E-state index contributed by atoms with van der Waals surface area (Å²) < 4.78 is 7.71. The summed E-state index contributed by atoms with van der Waals surface area (Å²) in [6.07, 6.45) is 4.21. The number of methoxy groups -OCH3 is 1. The maximum absolute atomic E-state index is 12.6. The van der Waals surface area contributed by atoms with Crippen molar-refractivity contribution in [1.82, 2.24) is 14.9 Å². The molecule has 0 atom stereocenters. The third kappa shape index (κ3) is 2.90. The van der Waals surface area contributed by atoms with Gasteiger partial charge in [-0.3, -0.25) is 9.78 Å². The topological polar surface area (TPSA) is 56.1 Å². The molecule has 1 N–H and O–H groups in total. The first-order valence-electron chi connectivity index (χ1n) is 8.39. The monoisotopic (exact) mass is 327 g/mol. The van der Waals surface area contributed by atoms with Gasteiger partial charge in [-0.15, -0.1) is 0 Å². The molecule has 1 aliphatic carbocycles.